The third kappa shape index (κ3) is 5.57. The molecule has 0 saturated carbocycles. The summed E-state index contributed by atoms with van der Waals surface area (Å²) >= 11 is 0. The summed E-state index contributed by atoms with van der Waals surface area (Å²) in [4.78, 5) is 49.6. The van der Waals surface area contributed by atoms with Gasteiger partial charge in [-0.1, -0.05) is 32.4 Å². The van der Waals surface area contributed by atoms with Gasteiger partial charge in [-0.05, 0) is 18.9 Å². The fourth-order valence-corrected chi connectivity index (χ4v) is 3.17. The van der Waals surface area contributed by atoms with Gasteiger partial charge in [-0.3, -0.25) is 29.4 Å². The molecule has 2 saturated heterocycles. The minimum Gasteiger partial charge on any atom is -0.677 e. The van der Waals surface area contributed by atoms with Gasteiger partial charge in [-0.25, -0.2) is 0 Å². The van der Waals surface area contributed by atoms with Crippen LogP contribution in [0.3, 0.4) is 0 Å². The molecule has 2 aliphatic heterocycles. The van der Waals surface area contributed by atoms with Crippen LogP contribution in [0.2, 0.25) is 0 Å². The van der Waals surface area contributed by atoms with Crippen molar-refractivity contribution in [3.05, 3.63) is 41.8 Å². The summed E-state index contributed by atoms with van der Waals surface area (Å²) in [6, 6.07) is -1.01. The van der Waals surface area contributed by atoms with E-state index in [2.05, 4.69) is 23.8 Å². The average Bonchev–Trinajstić information content (AvgIpc) is 2.85. The largest absolute Gasteiger partial charge is 0.677 e. The molecule has 0 aliphatic carbocycles. The number of amides is 4. The molecule has 0 aromatic heterocycles. The van der Waals surface area contributed by atoms with E-state index in [1.807, 2.05) is 0 Å². The predicted octanol–water partition coefficient (Wildman–Crippen LogP) is 1.36. The van der Waals surface area contributed by atoms with Crippen molar-refractivity contribution in [3.8, 4) is 0 Å². The van der Waals surface area contributed by atoms with E-state index in [1.165, 1.54) is 6.08 Å². The third-order valence-corrected chi connectivity index (χ3v) is 4.63. The summed E-state index contributed by atoms with van der Waals surface area (Å²) in [6.07, 6.45) is 5.29. The number of nitrogens with one attached hydrogen (secondary N) is 3. The molecule has 3 N–H and O–H groups in total. The van der Waals surface area contributed by atoms with Crippen molar-refractivity contribution in [2.75, 3.05) is 13.1 Å². The van der Waals surface area contributed by atoms with Crippen molar-refractivity contribution in [1.29, 1.82) is 0 Å². The number of allylic oxidation sites excluding steroid dienone is 1. The smallest absolute Gasteiger partial charge is 0.264 e. The molecule has 8 nitrogen and oxygen atoms in total. The second kappa shape index (κ2) is 11.6. The zero-order valence-corrected chi connectivity index (χ0v) is 18.3. The van der Waals surface area contributed by atoms with Crippen molar-refractivity contribution in [2.24, 2.45) is 0 Å². The molecule has 1 unspecified atom stereocenters. The minimum atomic E-state index is -1.01. The number of carbonyl (C=O) groups excluding carboxylic acids is 4. The summed E-state index contributed by atoms with van der Waals surface area (Å²) in [5, 5.41) is 5.27. The molecule has 0 aromatic carbocycles. The van der Waals surface area contributed by atoms with E-state index in [0.717, 1.165) is 30.6 Å². The van der Waals surface area contributed by atoms with Crippen molar-refractivity contribution in [3.63, 3.8) is 0 Å². The SMILES string of the molecule is C=C/C(NCCCCCC[NH-])=C1\C(=C)C(=O)N(C2CCC(=O)NC2=O)C1=O.[Sm]. The van der Waals surface area contributed by atoms with Crippen molar-refractivity contribution >= 4 is 23.6 Å². The van der Waals surface area contributed by atoms with E-state index in [0.29, 0.717) is 18.8 Å². The number of hydrogen-bond acceptors (Lipinski definition) is 5. The van der Waals surface area contributed by atoms with Gasteiger partial charge >= 0.3 is 0 Å². The molecule has 2 aliphatic rings. The molecular formula is C19H25N4O4Sm-. The van der Waals surface area contributed by atoms with Crippen LogP contribution in [0.25, 0.3) is 5.73 Å². The molecule has 9 heteroatoms. The van der Waals surface area contributed by atoms with Gasteiger partial charge in [0.15, 0.2) is 0 Å². The zero-order valence-electron chi connectivity index (χ0n) is 15.7. The molecule has 28 heavy (non-hydrogen) atoms. The van der Waals surface area contributed by atoms with Crippen LogP contribution in [-0.2, 0) is 19.2 Å². The molecule has 2 fully saturated rings. The van der Waals surface area contributed by atoms with Crippen LogP contribution in [0.15, 0.2) is 36.1 Å². The van der Waals surface area contributed by atoms with Crippen LogP contribution in [0, 0.1) is 40.4 Å². The van der Waals surface area contributed by atoms with Gasteiger partial charge in [0.1, 0.15) is 6.04 Å². The van der Waals surface area contributed by atoms with Gasteiger partial charge in [0, 0.05) is 64.6 Å². The first kappa shape index (κ1) is 24.6. The molecule has 0 spiro atoms. The number of piperidine rings is 1. The zero-order chi connectivity index (χ0) is 20.0. The third-order valence-electron chi connectivity index (χ3n) is 4.63. The standard InChI is InChI=1S/C19H25N4O4.Sm/c1-3-13(21-11-7-5-4-6-10-20)16-12(2)18(26)23(19(16)27)14-8-9-15(24)22-17(14)25;/h3,14,20-21H,1-2,4-11H2,(H,22,24,25);/q-1;/b16-13-;. The Morgan fingerprint density at radius 1 is 1.18 bits per heavy atom. The van der Waals surface area contributed by atoms with Crippen LogP contribution in [0.5, 0.6) is 0 Å². The van der Waals surface area contributed by atoms with Gasteiger partial charge in [0.25, 0.3) is 11.8 Å². The first-order chi connectivity index (χ1) is 12.9. The number of likely N-dealkylation sites (tertiary alicyclic amines) is 1. The van der Waals surface area contributed by atoms with Crippen LogP contribution >= 0.6 is 0 Å². The first-order valence-corrected chi connectivity index (χ1v) is 9.08. The molecule has 0 radical (unpaired) electrons. The van der Waals surface area contributed by atoms with Crippen molar-refractivity contribution in [1.82, 2.24) is 15.5 Å². The number of unbranched alkanes of at least 4 members (excludes halogenated alkanes) is 3. The maximum Gasteiger partial charge on any atom is 0.264 e. The van der Waals surface area contributed by atoms with E-state index in [-0.39, 0.29) is 64.4 Å². The summed E-state index contributed by atoms with van der Waals surface area (Å²) < 4.78 is 0. The second-order valence-electron chi connectivity index (χ2n) is 6.51. The number of nitrogens with zero attached hydrogens (tertiary/aromatic N) is 1. The monoisotopic (exact) mass is 525 g/mol. The Morgan fingerprint density at radius 3 is 2.46 bits per heavy atom. The molecule has 1 atom stereocenters. The van der Waals surface area contributed by atoms with Crippen LogP contribution in [0.4, 0.5) is 0 Å². The maximum absolute atomic E-state index is 12.8. The fourth-order valence-electron chi connectivity index (χ4n) is 3.17. The molecule has 2 rings (SSSR count). The minimum absolute atomic E-state index is 0. The normalized spacial score (nSPS) is 21.4. The molecule has 152 valence electrons. The molecule has 0 aromatic rings. The van der Waals surface area contributed by atoms with Gasteiger partial charge in [0.2, 0.25) is 11.8 Å². The molecule has 4 amide bonds. The molecular weight excluding hydrogens is 499 g/mol. The first-order valence-electron chi connectivity index (χ1n) is 9.08. The quantitative estimate of drug-likeness (QED) is 0.269. The van der Waals surface area contributed by atoms with E-state index in [1.54, 1.807) is 0 Å². The van der Waals surface area contributed by atoms with E-state index in [9.17, 15) is 19.2 Å². The van der Waals surface area contributed by atoms with Crippen LogP contribution < -0.4 is 10.6 Å². The van der Waals surface area contributed by atoms with Crippen molar-refractivity contribution in [2.45, 2.75) is 44.6 Å². The molecule has 2 heterocycles. The van der Waals surface area contributed by atoms with E-state index in [4.69, 9.17) is 5.73 Å². The maximum atomic E-state index is 12.8. The number of hydrogen-bond donors (Lipinski definition) is 2. The van der Waals surface area contributed by atoms with Gasteiger partial charge in [-0.2, -0.15) is 6.54 Å². The Bertz CT molecular complexity index is 717. The molecule has 0 bridgehead atoms. The number of imide groups is 2. The number of rotatable bonds is 9. The van der Waals surface area contributed by atoms with Gasteiger partial charge in [-0.15, -0.1) is 0 Å². The van der Waals surface area contributed by atoms with Crippen LogP contribution in [0.1, 0.15) is 38.5 Å². The summed E-state index contributed by atoms with van der Waals surface area (Å²) in [7, 11) is 0. The second-order valence-corrected chi connectivity index (χ2v) is 6.51. The Labute approximate surface area is 197 Å². The fraction of sp³-hybridized carbons (Fsp3) is 0.474. The number of carbonyl (C=O) groups is 4. The topological polar surface area (TPSA) is 119 Å². The van der Waals surface area contributed by atoms with Gasteiger partial charge < -0.3 is 11.1 Å². The van der Waals surface area contributed by atoms with Crippen molar-refractivity contribution < 1.29 is 59.6 Å². The Morgan fingerprint density at radius 2 is 1.86 bits per heavy atom. The summed E-state index contributed by atoms with van der Waals surface area (Å²) in [5.74, 6) is -2.29. The van der Waals surface area contributed by atoms with Gasteiger partial charge in [0.05, 0.1) is 5.57 Å². The van der Waals surface area contributed by atoms with Crippen LogP contribution in [-0.4, -0.2) is 47.7 Å². The summed E-state index contributed by atoms with van der Waals surface area (Å²) in [6.45, 7) is 8.42. The average molecular weight is 524 g/mol. The van der Waals surface area contributed by atoms with E-state index < -0.39 is 29.7 Å². The summed E-state index contributed by atoms with van der Waals surface area (Å²) in [5.41, 5.74) is 7.66. The Kier molecular flexibility index (Phi) is 10.2. The Hall–Kier alpha value is -1.40. The Balaban J connectivity index is 0.00000392. The van der Waals surface area contributed by atoms with E-state index >= 15 is 0 Å². The predicted molar refractivity (Wildman–Crippen MR) is 100 cm³/mol.